The third-order valence-corrected chi connectivity index (χ3v) is 6.50. The van der Waals surface area contributed by atoms with E-state index in [0.29, 0.717) is 32.7 Å². The number of aliphatic imine (C=N–C) groups is 1. The fourth-order valence-electron chi connectivity index (χ4n) is 4.23. The van der Waals surface area contributed by atoms with Gasteiger partial charge in [0, 0.05) is 124 Å². The second-order valence-corrected chi connectivity index (χ2v) is 9.88. The van der Waals surface area contributed by atoms with Gasteiger partial charge < -0.3 is 50.4 Å². The Balaban J connectivity index is 5.14. The first-order valence-electron chi connectivity index (χ1n) is 14.9. The Morgan fingerprint density at radius 1 is 0.575 bits per heavy atom. The van der Waals surface area contributed by atoms with Crippen LogP contribution in [0, 0.1) is 5.41 Å². The fourth-order valence-corrected chi connectivity index (χ4v) is 4.23. The zero-order chi connectivity index (χ0) is 29.8. The Morgan fingerprint density at radius 2 is 1.02 bits per heavy atom. The number of nitrogens with two attached hydrogens (primary N) is 6. The van der Waals surface area contributed by atoms with Gasteiger partial charge in [-0.3, -0.25) is 30.0 Å². The molecule has 0 aliphatic rings. The van der Waals surface area contributed by atoms with E-state index in [4.69, 9.17) is 39.8 Å². The molecule has 0 bridgehead atoms. The van der Waals surface area contributed by atoms with Crippen molar-refractivity contribution >= 4 is 11.9 Å². The molecule has 0 aliphatic heterocycles. The molecule has 238 valence electrons. The van der Waals surface area contributed by atoms with Crippen LogP contribution in [0.2, 0.25) is 0 Å². The lowest BCUT2D eigenvalue weighted by molar-refractivity contribution is 0.165. The Bertz CT molecular complexity index is 603. The third kappa shape index (κ3) is 24.0. The van der Waals surface area contributed by atoms with Crippen molar-refractivity contribution in [3.63, 3.8) is 0 Å². The highest BCUT2D eigenvalue weighted by atomic mass is 15.3. The summed E-state index contributed by atoms with van der Waals surface area (Å²) in [6.45, 7) is 19.6. The number of guanidine groups is 2. The minimum Gasteiger partial charge on any atom is -0.370 e. The molecule has 0 amide bonds. The van der Waals surface area contributed by atoms with E-state index in [1.807, 2.05) is 0 Å². The average Bonchev–Trinajstić information content (AvgIpc) is 2.91. The molecule has 0 radical (unpaired) electrons. The fraction of sp³-hybridized carbons (Fsp3) is 0.920. The van der Waals surface area contributed by atoms with Gasteiger partial charge in [-0.2, -0.15) is 0 Å². The summed E-state index contributed by atoms with van der Waals surface area (Å²) in [5, 5.41) is 17.2. The van der Waals surface area contributed by atoms with E-state index in [1.54, 1.807) is 0 Å². The lowest BCUT2D eigenvalue weighted by Crippen LogP contribution is -2.46. The first kappa shape index (κ1) is 38.2. The molecule has 0 unspecified atom stereocenters. The maximum absolute atomic E-state index is 7.38. The van der Waals surface area contributed by atoms with Crippen molar-refractivity contribution in [2.24, 2.45) is 39.4 Å². The SMILES string of the molecule is CCCNCCN(CCN)CCN(CCNCCN)CCN(CCN=C(N)N)CCN(CCN)CCNC(=N)N. The van der Waals surface area contributed by atoms with E-state index < -0.39 is 0 Å². The first-order valence-corrected chi connectivity index (χ1v) is 14.9. The van der Waals surface area contributed by atoms with Crippen LogP contribution >= 0.6 is 0 Å². The standard InChI is InChI=1S/C25H63N15/c1-2-6-33-8-14-37(12-4-27)18-20-39(15-9-34-7-3-26)22-23-40(17-11-36-25(31)32)21-19-38(13-5-28)16-10-35-24(29)30/h33-34H,2-23,26-28H2,1H3,(H4,29,30,35)(H4,31,32,36). The van der Waals surface area contributed by atoms with Crippen LogP contribution in [-0.4, -0.2) is 169 Å². The number of hydrogen-bond acceptors (Lipinski definition) is 11. The van der Waals surface area contributed by atoms with Crippen LogP contribution in [0.3, 0.4) is 0 Å². The molecule has 15 heteroatoms. The van der Waals surface area contributed by atoms with Crippen molar-refractivity contribution < 1.29 is 0 Å². The molecule has 0 aromatic rings. The van der Waals surface area contributed by atoms with Crippen LogP contribution in [0.5, 0.6) is 0 Å². The lowest BCUT2D eigenvalue weighted by atomic mass is 10.3. The molecule has 40 heavy (non-hydrogen) atoms. The monoisotopic (exact) mass is 574 g/mol. The van der Waals surface area contributed by atoms with Gasteiger partial charge in [0.25, 0.3) is 0 Å². The van der Waals surface area contributed by atoms with E-state index in [0.717, 1.165) is 111 Å². The van der Waals surface area contributed by atoms with E-state index in [9.17, 15) is 0 Å². The molecule has 0 spiro atoms. The number of rotatable bonds is 29. The van der Waals surface area contributed by atoms with Gasteiger partial charge in [-0.05, 0) is 13.0 Å². The second-order valence-electron chi connectivity index (χ2n) is 9.88. The summed E-state index contributed by atoms with van der Waals surface area (Å²) in [4.78, 5) is 13.8. The van der Waals surface area contributed by atoms with Crippen molar-refractivity contribution in [2.75, 3.05) is 137 Å². The molecule has 0 atom stereocenters. The number of nitrogens with one attached hydrogen (secondary N) is 4. The molecule has 0 heterocycles. The van der Waals surface area contributed by atoms with Crippen LogP contribution in [0.25, 0.3) is 0 Å². The van der Waals surface area contributed by atoms with Crippen molar-refractivity contribution in [2.45, 2.75) is 13.3 Å². The normalized spacial score (nSPS) is 11.7. The summed E-state index contributed by atoms with van der Waals surface area (Å²) < 4.78 is 0. The smallest absolute Gasteiger partial charge is 0.185 e. The first-order chi connectivity index (χ1) is 19.4. The zero-order valence-electron chi connectivity index (χ0n) is 25.3. The van der Waals surface area contributed by atoms with Crippen LogP contribution in [0.15, 0.2) is 4.99 Å². The molecular weight excluding hydrogens is 510 g/mol. The van der Waals surface area contributed by atoms with E-state index in [1.165, 1.54) is 0 Å². The van der Waals surface area contributed by atoms with Crippen molar-refractivity contribution in [3.05, 3.63) is 0 Å². The van der Waals surface area contributed by atoms with Gasteiger partial charge in [0.2, 0.25) is 0 Å². The largest absolute Gasteiger partial charge is 0.370 e. The molecule has 0 saturated carbocycles. The highest BCUT2D eigenvalue weighted by Crippen LogP contribution is 1.98. The topological polar surface area (TPSA) is 241 Å². The van der Waals surface area contributed by atoms with Crippen molar-refractivity contribution in [1.29, 1.82) is 5.41 Å². The van der Waals surface area contributed by atoms with Crippen molar-refractivity contribution in [1.82, 2.24) is 35.6 Å². The maximum Gasteiger partial charge on any atom is 0.185 e. The summed E-state index contributed by atoms with van der Waals surface area (Å²) in [6, 6.07) is 0. The highest BCUT2D eigenvalue weighted by molar-refractivity contribution is 5.75. The van der Waals surface area contributed by atoms with Crippen LogP contribution in [0.1, 0.15) is 13.3 Å². The minimum atomic E-state index is -0.0187. The van der Waals surface area contributed by atoms with Gasteiger partial charge in [0.15, 0.2) is 11.9 Å². The molecule has 0 aliphatic carbocycles. The van der Waals surface area contributed by atoms with E-state index in [2.05, 4.69) is 47.5 Å². The Kier molecular flexibility index (Phi) is 26.1. The summed E-state index contributed by atoms with van der Waals surface area (Å²) in [6.07, 6.45) is 1.14. The molecule has 0 aromatic heterocycles. The predicted molar refractivity (Wildman–Crippen MR) is 170 cm³/mol. The highest BCUT2D eigenvalue weighted by Gasteiger charge is 2.13. The van der Waals surface area contributed by atoms with E-state index in [-0.39, 0.29) is 11.9 Å². The molecule has 0 fully saturated rings. The van der Waals surface area contributed by atoms with Gasteiger partial charge in [-0.15, -0.1) is 0 Å². The number of nitrogens with zero attached hydrogens (tertiary/aromatic N) is 5. The Morgan fingerprint density at radius 3 is 1.45 bits per heavy atom. The lowest BCUT2D eigenvalue weighted by Gasteiger charge is -2.31. The van der Waals surface area contributed by atoms with E-state index >= 15 is 0 Å². The number of hydrogen-bond donors (Lipinski definition) is 10. The second kappa shape index (κ2) is 27.4. The van der Waals surface area contributed by atoms with Gasteiger partial charge >= 0.3 is 0 Å². The summed E-state index contributed by atoms with van der Waals surface area (Å²) in [7, 11) is 0. The molecule has 0 saturated heterocycles. The van der Waals surface area contributed by atoms with Gasteiger partial charge in [0.1, 0.15) is 0 Å². The molecule has 0 rings (SSSR count). The van der Waals surface area contributed by atoms with Crippen molar-refractivity contribution in [3.8, 4) is 0 Å². The van der Waals surface area contributed by atoms with Gasteiger partial charge in [-0.25, -0.2) is 0 Å². The summed E-state index contributed by atoms with van der Waals surface area (Å²) in [5.74, 6) is 0.0934. The zero-order valence-corrected chi connectivity index (χ0v) is 25.3. The minimum absolute atomic E-state index is 0.0187. The molecule has 0 aromatic carbocycles. The van der Waals surface area contributed by atoms with Gasteiger partial charge in [-0.1, -0.05) is 6.92 Å². The van der Waals surface area contributed by atoms with Crippen LogP contribution in [-0.2, 0) is 0 Å². The van der Waals surface area contributed by atoms with Crippen LogP contribution in [0.4, 0.5) is 0 Å². The molecule has 15 nitrogen and oxygen atoms in total. The Hall–Kier alpha value is -1.82. The predicted octanol–water partition coefficient (Wildman–Crippen LogP) is -4.58. The third-order valence-electron chi connectivity index (χ3n) is 6.50. The molecule has 16 N–H and O–H groups in total. The van der Waals surface area contributed by atoms with Crippen LogP contribution < -0.4 is 50.4 Å². The van der Waals surface area contributed by atoms with Gasteiger partial charge in [0.05, 0.1) is 6.54 Å². The quantitative estimate of drug-likeness (QED) is 0.0230. The molecular formula is C25H63N15. The summed E-state index contributed by atoms with van der Waals surface area (Å²) in [5.41, 5.74) is 34.0. The average molecular weight is 574 g/mol. The summed E-state index contributed by atoms with van der Waals surface area (Å²) >= 11 is 0. The maximum atomic E-state index is 7.38. The Labute approximate surface area is 243 Å².